The normalized spacial score (nSPS) is 20.6. The molecule has 0 aliphatic carbocycles. The lowest BCUT2D eigenvalue weighted by molar-refractivity contribution is 0.0997. The first kappa shape index (κ1) is 12.3. The fourth-order valence-corrected chi connectivity index (χ4v) is 1.99. The number of hydrogen-bond donors (Lipinski definition) is 0. The van der Waals surface area contributed by atoms with Gasteiger partial charge in [0.25, 0.3) is 0 Å². The van der Waals surface area contributed by atoms with E-state index in [1.807, 2.05) is 6.26 Å². The van der Waals surface area contributed by atoms with Gasteiger partial charge >= 0.3 is 0 Å². The van der Waals surface area contributed by atoms with Crippen LogP contribution in [-0.4, -0.2) is 61.4 Å². The Hall–Kier alpha value is 0.230. The monoisotopic (exact) mass is 218 g/mol. The second-order valence-electron chi connectivity index (χ2n) is 3.96. The van der Waals surface area contributed by atoms with Crippen LogP contribution < -0.4 is 0 Å². The molecule has 0 aromatic rings. The van der Waals surface area contributed by atoms with E-state index in [1.54, 1.807) is 0 Å². The summed E-state index contributed by atoms with van der Waals surface area (Å²) in [5.41, 5.74) is 0. The highest BCUT2D eigenvalue weighted by atomic mass is 32.2. The standard InChI is InChI=1S/C10H22N2OS/c1-10(2)12-6-4-11(5-7-12)8-9-13-14-3/h10H,4-9H2,1-3H3. The van der Waals surface area contributed by atoms with Crippen LogP contribution in [0.5, 0.6) is 0 Å². The Morgan fingerprint density at radius 3 is 2.36 bits per heavy atom. The van der Waals surface area contributed by atoms with E-state index in [4.69, 9.17) is 4.18 Å². The van der Waals surface area contributed by atoms with Crippen molar-refractivity contribution in [3.05, 3.63) is 0 Å². The van der Waals surface area contributed by atoms with Gasteiger partial charge in [-0.15, -0.1) is 0 Å². The Morgan fingerprint density at radius 2 is 1.86 bits per heavy atom. The third kappa shape index (κ3) is 4.17. The Kier molecular flexibility index (Phi) is 5.86. The van der Waals surface area contributed by atoms with E-state index in [2.05, 4.69) is 23.6 Å². The lowest BCUT2D eigenvalue weighted by Gasteiger charge is -2.36. The number of hydrogen-bond acceptors (Lipinski definition) is 4. The molecule has 3 nitrogen and oxygen atoms in total. The molecule has 0 spiro atoms. The highest BCUT2D eigenvalue weighted by molar-refractivity contribution is 7.93. The fourth-order valence-electron chi connectivity index (χ4n) is 1.75. The molecule has 1 fully saturated rings. The van der Waals surface area contributed by atoms with Crippen molar-refractivity contribution < 1.29 is 4.18 Å². The van der Waals surface area contributed by atoms with E-state index < -0.39 is 0 Å². The predicted molar refractivity (Wildman–Crippen MR) is 62.6 cm³/mol. The molecule has 4 heteroatoms. The summed E-state index contributed by atoms with van der Waals surface area (Å²) >= 11 is 1.46. The summed E-state index contributed by atoms with van der Waals surface area (Å²) in [6.45, 7) is 11.3. The maximum absolute atomic E-state index is 5.27. The van der Waals surface area contributed by atoms with Crippen molar-refractivity contribution in [3.63, 3.8) is 0 Å². The molecule has 0 unspecified atom stereocenters. The Balaban J connectivity index is 2.09. The lowest BCUT2D eigenvalue weighted by Crippen LogP contribution is -2.49. The summed E-state index contributed by atoms with van der Waals surface area (Å²) in [5, 5.41) is 0. The van der Waals surface area contributed by atoms with Gasteiger partial charge in [-0.25, -0.2) is 0 Å². The van der Waals surface area contributed by atoms with E-state index in [0.717, 1.165) is 13.2 Å². The molecule has 0 aromatic heterocycles. The maximum atomic E-state index is 5.27. The van der Waals surface area contributed by atoms with Crippen LogP contribution in [0, 0.1) is 0 Å². The molecule has 0 atom stereocenters. The molecule has 1 heterocycles. The third-order valence-electron chi connectivity index (χ3n) is 2.75. The zero-order valence-electron chi connectivity index (χ0n) is 9.53. The van der Waals surface area contributed by atoms with Gasteiger partial charge in [0.15, 0.2) is 0 Å². The average Bonchev–Trinajstić information content (AvgIpc) is 2.19. The molecule has 1 aliphatic rings. The van der Waals surface area contributed by atoms with Crippen LogP contribution >= 0.6 is 12.0 Å². The van der Waals surface area contributed by atoms with Crippen molar-refractivity contribution in [1.29, 1.82) is 0 Å². The van der Waals surface area contributed by atoms with Crippen molar-refractivity contribution in [2.45, 2.75) is 19.9 Å². The summed E-state index contributed by atoms with van der Waals surface area (Å²) in [6.07, 6.45) is 1.97. The summed E-state index contributed by atoms with van der Waals surface area (Å²) in [7, 11) is 0. The quantitative estimate of drug-likeness (QED) is 0.510. The van der Waals surface area contributed by atoms with Crippen LogP contribution in [-0.2, 0) is 4.18 Å². The number of rotatable bonds is 5. The van der Waals surface area contributed by atoms with E-state index in [9.17, 15) is 0 Å². The van der Waals surface area contributed by atoms with Gasteiger partial charge in [-0.3, -0.25) is 9.80 Å². The topological polar surface area (TPSA) is 15.7 Å². The summed E-state index contributed by atoms with van der Waals surface area (Å²) in [6, 6.07) is 0.694. The van der Waals surface area contributed by atoms with Crippen molar-refractivity contribution in [2.75, 3.05) is 45.6 Å². The van der Waals surface area contributed by atoms with Gasteiger partial charge in [0.2, 0.25) is 0 Å². The summed E-state index contributed by atoms with van der Waals surface area (Å²) < 4.78 is 5.27. The number of nitrogens with zero attached hydrogens (tertiary/aromatic N) is 2. The molecule has 0 radical (unpaired) electrons. The van der Waals surface area contributed by atoms with E-state index in [0.29, 0.717) is 6.04 Å². The van der Waals surface area contributed by atoms with Gasteiger partial charge in [-0.05, 0) is 25.9 Å². The molecule has 0 bridgehead atoms. The molecule has 0 N–H and O–H groups in total. The zero-order valence-corrected chi connectivity index (χ0v) is 10.3. The van der Waals surface area contributed by atoms with Crippen molar-refractivity contribution in [3.8, 4) is 0 Å². The molecule has 14 heavy (non-hydrogen) atoms. The van der Waals surface area contributed by atoms with E-state index >= 15 is 0 Å². The Labute approximate surface area is 92.0 Å². The highest BCUT2D eigenvalue weighted by Crippen LogP contribution is 2.05. The van der Waals surface area contributed by atoms with Gasteiger partial charge in [-0.1, -0.05) is 0 Å². The first-order valence-electron chi connectivity index (χ1n) is 5.36. The van der Waals surface area contributed by atoms with Gasteiger partial charge in [0.1, 0.15) is 0 Å². The SMILES string of the molecule is CSOCCN1CCN(C(C)C)CC1. The molecule has 1 aliphatic heterocycles. The fraction of sp³-hybridized carbons (Fsp3) is 1.00. The Bertz CT molecular complexity index is 147. The lowest BCUT2D eigenvalue weighted by atomic mass is 10.2. The average molecular weight is 218 g/mol. The van der Waals surface area contributed by atoms with Gasteiger partial charge in [0.05, 0.1) is 6.61 Å². The minimum atomic E-state index is 0.694. The van der Waals surface area contributed by atoms with Crippen LogP contribution in [0.3, 0.4) is 0 Å². The Morgan fingerprint density at radius 1 is 1.21 bits per heavy atom. The minimum Gasteiger partial charge on any atom is -0.314 e. The second-order valence-corrected chi connectivity index (χ2v) is 4.53. The second kappa shape index (κ2) is 6.67. The first-order valence-corrected chi connectivity index (χ1v) is 6.51. The van der Waals surface area contributed by atoms with Gasteiger partial charge < -0.3 is 4.18 Å². The van der Waals surface area contributed by atoms with Gasteiger partial charge in [0, 0.05) is 45.0 Å². The summed E-state index contributed by atoms with van der Waals surface area (Å²) in [4.78, 5) is 5.01. The van der Waals surface area contributed by atoms with Crippen LogP contribution in [0.1, 0.15) is 13.8 Å². The van der Waals surface area contributed by atoms with Gasteiger partial charge in [-0.2, -0.15) is 0 Å². The van der Waals surface area contributed by atoms with Crippen LogP contribution in [0.25, 0.3) is 0 Å². The van der Waals surface area contributed by atoms with E-state index in [-0.39, 0.29) is 0 Å². The maximum Gasteiger partial charge on any atom is 0.0740 e. The first-order chi connectivity index (χ1) is 6.74. The molecule has 0 saturated carbocycles. The molecular formula is C10H22N2OS. The molecule has 1 saturated heterocycles. The van der Waals surface area contributed by atoms with Crippen molar-refractivity contribution in [1.82, 2.24) is 9.80 Å². The molecule has 84 valence electrons. The predicted octanol–water partition coefficient (Wildman–Crippen LogP) is 1.31. The zero-order chi connectivity index (χ0) is 10.4. The highest BCUT2D eigenvalue weighted by Gasteiger charge is 2.17. The molecule has 0 amide bonds. The number of piperazine rings is 1. The van der Waals surface area contributed by atoms with Crippen LogP contribution in [0.2, 0.25) is 0 Å². The molecule has 1 rings (SSSR count). The minimum absolute atomic E-state index is 0.694. The molecule has 0 aromatic carbocycles. The van der Waals surface area contributed by atoms with Crippen molar-refractivity contribution in [2.24, 2.45) is 0 Å². The smallest absolute Gasteiger partial charge is 0.0740 e. The third-order valence-corrected chi connectivity index (χ3v) is 3.15. The van der Waals surface area contributed by atoms with Crippen molar-refractivity contribution >= 4 is 12.0 Å². The summed E-state index contributed by atoms with van der Waals surface area (Å²) in [5.74, 6) is 0. The van der Waals surface area contributed by atoms with Crippen LogP contribution in [0.15, 0.2) is 0 Å². The largest absolute Gasteiger partial charge is 0.314 e. The molecular weight excluding hydrogens is 196 g/mol. The van der Waals surface area contributed by atoms with Crippen LogP contribution in [0.4, 0.5) is 0 Å². The van der Waals surface area contributed by atoms with E-state index in [1.165, 1.54) is 38.2 Å².